The van der Waals surface area contributed by atoms with Crippen molar-refractivity contribution in [3.63, 3.8) is 0 Å². The van der Waals surface area contributed by atoms with Crippen LogP contribution in [-0.4, -0.2) is 15.9 Å². The number of hydrogen-bond acceptors (Lipinski definition) is 3. The van der Waals surface area contributed by atoms with E-state index in [0.29, 0.717) is 6.54 Å². The van der Waals surface area contributed by atoms with Crippen LogP contribution < -0.4 is 11.1 Å². The minimum Gasteiger partial charge on any atom is -0.399 e. The number of aromatic nitrogens is 2. The lowest BCUT2D eigenvalue weighted by Gasteiger charge is -2.04. The molecule has 0 radical (unpaired) electrons. The first-order chi connectivity index (χ1) is 8.15. The summed E-state index contributed by atoms with van der Waals surface area (Å²) in [4.78, 5) is 18.3. The van der Waals surface area contributed by atoms with Crippen LogP contribution in [0, 0.1) is 5.82 Å². The Morgan fingerprint density at radius 3 is 2.94 bits per heavy atom. The van der Waals surface area contributed by atoms with Crippen molar-refractivity contribution in [2.75, 3.05) is 5.73 Å². The normalized spacial score (nSPS) is 10.2. The average Bonchev–Trinajstić information content (AvgIpc) is 2.77. The number of nitrogen functional groups attached to an aromatic ring is 1. The molecule has 0 bridgehead atoms. The van der Waals surface area contributed by atoms with Crippen molar-refractivity contribution in [1.82, 2.24) is 15.3 Å². The second-order valence-electron chi connectivity index (χ2n) is 3.53. The molecule has 0 aliphatic carbocycles. The van der Waals surface area contributed by atoms with Gasteiger partial charge in [0, 0.05) is 17.4 Å². The Morgan fingerprint density at radius 2 is 2.29 bits per heavy atom. The van der Waals surface area contributed by atoms with Crippen LogP contribution in [0.25, 0.3) is 0 Å². The van der Waals surface area contributed by atoms with Crippen LogP contribution in [0.3, 0.4) is 0 Å². The van der Waals surface area contributed by atoms with Crippen LogP contribution in [0.5, 0.6) is 0 Å². The number of nitrogens with two attached hydrogens (primary N) is 1. The molecule has 1 aromatic carbocycles. The number of amides is 1. The molecule has 88 valence electrons. The molecule has 5 nitrogen and oxygen atoms in total. The van der Waals surface area contributed by atoms with Crippen molar-refractivity contribution in [1.29, 1.82) is 0 Å². The van der Waals surface area contributed by atoms with Crippen molar-refractivity contribution in [3.05, 3.63) is 47.8 Å². The summed E-state index contributed by atoms with van der Waals surface area (Å²) in [5.41, 5.74) is 6.63. The number of anilines is 1. The number of carbonyl (C=O) groups excluding carboxylic acids is 1. The molecule has 6 heteroatoms. The molecular formula is C11H11FN4O. The summed E-state index contributed by atoms with van der Waals surface area (Å²) in [6.07, 6.45) is 3.11. The number of aromatic amines is 1. The third-order valence-electron chi connectivity index (χ3n) is 2.18. The standard InChI is InChI=1S/C11H11FN4O/c12-8-1-7(2-9(13)3-8)11(17)15-5-10-4-14-6-16-10/h1-4,6H,5,13H2,(H,14,16)(H,15,17). The molecular weight excluding hydrogens is 223 g/mol. The Kier molecular flexibility index (Phi) is 3.04. The molecule has 0 aliphatic heterocycles. The first kappa shape index (κ1) is 11.1. The van der Waals surface area contributed by atoms with E-state index in [-0.39, 0.29) is 17.2 Å². The molecule has 17 heavy (non-hydrogen) atoms. The van der Waals surface area contributed by atoms with Crippen LogP contribution in [0.4, 0.5) is 10.1 Å². The van der Waals surface area contributed by atoms with Gasteiger partial charge in [0.15, 0.2) is 0 Å². The summed E-state index contributed by atoms with van der Waals surface area (Å²) in [5.74, 6) is -0.914. The van der Waals surface area contributed by atoms with Gasteiger partial charge in [-0.3, -0.25) is 4.79 Å². The van der Waals surface area contributed by atoms with E-state index in [4.69, 9.17) is 5.73 Å². The molecule has 0 unspecified atom stereocenters. The van der Waals surface area contributed by atoms with E-state index in [1.807, 2.05) is 0 Å². The Morgan fingerprint density at radius 1 is 1.47 bits per heavy atom. The largest absolute Gasteiger partial charge is 0.399 e. The monoisotopic (exact) mass is 234 g/mol. The van der Waals surface area contributed by atoms with Gasteiger partial charge in [0.2, 0.25) is 0 Å². The van der Waals surface area contributed by atoms with Gasteiger partial charge in [-0.15, -0.1) is 0 Å². The molecule has 0 spiro atoms. The van der Waals surface area contributed by atoms with Gasteiger partial charge < -0.3 is 16.0 Å². The van der Waals surface area contributed by atoms with Gasteiger partial charge in [-0.1, -0.05) is 0 Å². The predicted molar refractivity (Wildman–Crippen MR) is 60.6 cm³/mol. The molecule has 0 fully saturated rings. The number of H-pyrrole nitrogens is 1. The summed E-state index contributed by atoms with van der Waals surface area (Å²) >= 11 is 0. The van der Waals surface area contributed by atoms with Crippen LogP contribution in [0.1, 0.15) is 16.1 Å². The summed E-state index contributed by atoms with van der Waals surface area (Å²) in [5, 5.41) is 2.62. The van der Waals surface area contributed by atoms with Crippen molar-refractivity contribution in [2.45, 2.75) is 6.54 Å². The molecule has 0 saturated heterocycles. The van der Waals surface area contributed by atoms with E-state index < -0.39 is 5.82 Å². The highest BCUT2D eigenvalue weighted by Crippen LogP contribution is 2.10. The maximum atomic E-state index is 13.0. The Balaban J connectivity index is 2.04. The molecule has 2 aromatic rings. The molecule has 1 amide bonds. The first-order valence-corrected chi connectivity index (χ1v) is 4.96. The maximum Gasteiger partial charge on any atom is 0.251 e. The highest BCUT2D eigenvalue weighted by Gasteiger charge is 2.08. The highest BCUT2D eigenvalue weighted by molar-refractivity contribution is 5.94. The average molecular weight is 234 g/mol. The first-order valence-electron chi connectivity index (χ1n) is 4.96. The number of imidazole rings is 1. The highest BCUT2D eigenvalue weighted by atomic mass is 19.1. The van der Waals surface area contributed by atoms with Crippen molar-refractivity contribution < 1.29 is 9.18 Å². The molecule has 1 aromatic heterocycles. The van der Waals surface area contributed by atoms with E-state index in [1.165, 1.54) is 12.4 Å². The van der Waals surface area contributed by atoms with Gasteiger partial charge in [0.25, 0.3) is 5.91 Å². The molecule has 0 saturated carbocycles. The quantitative estimate of drug-likeness (QED) is 0.694. The van der Waals surface area contributed by atoms with Crippen LogP contribution in [0.15, 0.2) is 30.7 Å². The Bertz CT molecular complexity index is 504. The van der Waals surface area contributed by atoms with Gasteiger partial charge in [0.1, 0.15) is 5.82 Å². The molecule has 4 N–H and O–H groups in total. The minimum absolute atomic E-state index is 0.196. The number of rotatable bonds is 3. The van der Waals surface area contributed by atoms with Gasteiger partial charge >= 0.3 is 0 Å². The fourth-order valence-corrected chi connectivity index (χ4v) is 1.40. The smallest absolute Gasteiger partial charge is 0.251 e. The van der Waals surface area contributed by atoms with E-state index in [2.05, 4.69) is 15.3 Å². The summed E-state index contributed by atoms with van der Waals surface area (Å²) < 4.78 is 13.0. The SMILES string of the molecule is Nc1cc(F)cc(C(=O)NCc2cnc[nH]2)c1. The Labute approximate surface area is 96.9 Å². The lowest BCUT2D eigenvalue weighted by atomic mass is 10.2. The van der Waals surface area contributed by atoms with E-state index >= 15 is 0 Å². The number of benzene rings is 1. The van der Waals surface area contributed by atoms with Crippen LogP contribution >= 0.6 is 0 Å². The van der Waals surface area contributed by atoms with Crippen molar-refractivity contribution in [2.24, 2.45) is 0 Å². The fraction of sp³-hybridized carbons (Fsp3) is 0.0909. The van der Waals surface area contributed by atoms with Crippen molar-refractivity contribution in [3.8, 4) is 0 Å². The lowest BCUT2D eigenvalue weighted by molar-refractivity contribution is 0.0950. The zero-order valence-corrected chi connectivity index (χ0v) is 8.90. The van der Waals surface area contributed by atoms with Gasteiger partial charge in [-0.25, -0.2) is 9.37 Å². The second-order valence-corrected chi connectivity index (χ2v) is 3.53. The summed E-state index contributed by atoms with van der Waals surface area (Å²) in [6, 6.07) is 3.72. The summed E-state index contributed by atoms with van der Waals surface area (Å²) in [6.45, 7) is 0.301. The second kappa shape index (κ2) is 4.65. The van der Waals surface area contributed by atoms with E-state index in [0.717, 1.165) is 17.8 Å². The number of carbonyl (C=O) groups is 1. The van der Waals surface area contributed by atoms with Gasteiger partial charge in [-0.2, -0.15) is 0 Å². The zero-order valence-electron chi connectivity index (χ0n) is 8.90. The zero-order chi connectivity index (χ0) is 12.3. The molecule has 1 heterocycles. The molecule has 0 aliphatic rings. The third kappa shape index (κ3) is 2.81. The summed E-state index contributed by atoms with van der Waals surface area (Å²) in [7, 11) is 0. The topological polar surface area (TPSA) is 83.8 Å². The van der Waals surface area contributed by atoms with Crippen molar-refractivity contribution >= 4 is 11.6 Å². The minimum atomic E-state index is -0.531. The lowest BCUT2D eigenvalue weighted by Crippen LogP contribution is -2.23. The van der Waals surface area contributed by atoms with Crippen LogP contribution in [0.2, 0.25) is 0 Å². The van der Waals surface area contributed by atoms with Gasteiger partial charge in [0.05, 0.1) is 18.6 Å². The predicted octanol–water partition coefficient (Wildman–Crippen LogP) is 1.06. The third-order valence-corrected chi connectivity index (χ3v) is 2.18. The maximum absolute atomic E-state index is 13.0. The number of halogens is 1. The molecule has 0 atom stereocenters. The number of nitrogens with zero attached hydrogens (tertiary/aromatic N) is 1. The molecule has 2 rings (SSSR count). The fourth-order valence-electron chi connectivity index (χ4n) is 1.40. The Hall–Kier alpha value is -2.37. The number of hydrogen-bond donors (Lipinski definition) is 3. The van der Waals surface area contributed by atoms with Gasteiger partial charge in [-0.05, 0) is 18.2 Å². The van der Waals surface area contributed by atoms with Crippen LogP contribution in [-0.2, 0) is 6.54 Å². The van der Waals surface area contributed by atoms with E-state index in [9.17, 15) is 9.18 Å². The van der Waals surface area contributed by atoms with E-state index in [1.54, 1.807) is 6.20 Å². The number of nitrogens with one attached hydrogen (secondary N) is 2.